The Kier molecular flexibility index (Phi) is 6.87. The molecule has 0 aliphatic heterocycles. The van der Waals surface area contributed by atoms with Crippen LogP contribution in [0, 0.1) is 6.92 Å². The molecule has 25 heavy (non-hydrogen) atoms. The molecule has 0 spiro atoms. The average molecular weight is 341 g/mol. The minimum absolute atomic E-state index is 0.111. The Morgan fingerprint density at radius 3 is 2.08 bits per heavy atom. The summed E-state index contributed by atoms with van der Waals surface area (Å²) in [6.07, 6.45) is 0.412. The zero-order valence-corrected chi connectivity index (χ0v) is 15.4. The molecule has 0 radical (unpaired) electrons. The lowest BCUT2D eigenvalue weighted by molar-refractivity contribution is -0.127. The molecule has 0 aromatic heterocycles. The van der Waals surface area contributed by atoms with Gasteiger partial charge in [-0.1, -0.05) is 29.8 Å². The highest BCUT2D eigenvalue weighted by Crippen LogP contribution is 2.15. The summed E-state index contributed by atoms with van der Waals surface area (Å²) in [6, 6.07) is 15.6. The fourth-order valence-corrected chi connectivity index (χ4v) is 2.36. The maximum Gasteiger partial charge on any atom is 0.260 e. The van der Waals surface area contributed by atoms with Gasteiger partial charge in [-0.3, -0.25) is 4.79 Å². The van der Waals surface area contributed by atoms with E-state index in [-0.39, 0.29) is 12.0 Å². The number of hydrogen-bond acceptors (Lipinski definition) is 3. The first-order valence-corrected chi connectivity index (χ1v) is 8.70. The van der Waals surface area contributed by atoms with Gasteiger partial charge < -0.3 is 14.8 Å². The van der Waals surface area contributed by atoms with E-state index in [0.29, 0.717) is 12.3 Å². The van der Waals surface area contributed by atoms with Crippen LogP contribution >= 0.6 is 0 Å². The Bertz CT molecular complexity index is 663. The molecule has 0 bridgehead atoms. The van der Waals surface area contributed by atoms with E-state index in [1.807, 2.05) is 69.3 Å². The summed E-state index contributed by atoms with van der Waals surface area (Å²) >= 11 is 0. The first-order chi connectivity index (χ1) is 11.9. The Hall–Kier alpha value is -2.49. The predicted octanol–water partition coefficient (Wildman–Crippen LogP) is 3.91. The molecule has 2 aromatic carbocycles. The number of ether oxygens (including phenoxy) is 2. The third-order valence-corrected chi connectivity index (χ3v) is 3.71. The summed E-state index contributed by atoms with van der Waals surface area (Å²) in [6.45, 7) is 8.35. The van der Waals surface area contributed by atoms with Crippen LogP contribution in [-0.2, 0) is 11.2 Å². The van der Waals surface area contributed by atoms with Crippen LogP contribution in [0.2, 0.25) is 0 Å². The van der Waals surface area contributed by atoms with Crippen LogP contribution in [-0.4, -0.2) is 24.7 Å². The smallest absolute Gasteiger partial charge is 0.260 e. The lowest BCUT2D eigenvalue weighted by Gasteiger charge is -2.15. The molecule has 134 valence electrons. The lowest BCUT2D eigenvalue weighted by Crippen LogP contribution is -2.37. The van der Waals surface area contributed by atoms with E-state index < -0.39 is 6.10 Å². The Morgan fingerprint density at radius 2 is 1.48 bits per heavy atom. The van der Waals surface area contributed by atoms with Crippen LogP contribution < -0.4 is 14.8 Å². The van der Waals surface area contributed by atoms with E-state index in [1.165, 1.54) is 0 Å². The first kappa shape index (κ1) is 18.8. The van der Waals surface area contributed by atoms with Crippen molar-refractivity contribution in [3.8, 4) is 11.5 Å². The van der Waals surface area contributed by atoms with Gasteiger partial charge in [0.1, 0.15) is 11.5 Å². The largest absolute Gasteiger partial charge is 0.491 e. The summed E-state index contributed by atoms with van der Waals surface area (Å²) in [7, 11) is 0. The highest BCUT2D eigenvalue weighted by Gasteiger charge is 2.13. The molecule has 0 fully saturated rings. The molecule has 1 unspecified atom stereocenters. The molecule has 2 aromatic rings. The highest BCUT2D eigenvalue weighted by atomic mass is 16.5. The molecule has 1 atom stereocenters. The summed E-state index contributed by atoms with van der Waals surface area (Å²) in [5.74, 6) is 1.46. The second-order valence-corrected chi connectivity index (χ2v) is 6.42. The van der Waals surface area contributed by atoms with Gasteiger partial charge in [-0.15, -0.1) is 0 Å². The van der Waals surface area contributed by atoms with Gasteiger partial charge >= 0.3 is 0 Å². The third-order valence-electron chi connectivity index (χ3n) is 3.71. The van der Waals surface area contributed by atoms with Gasteiger partial charge in [-0.25, -0.2) is 0 Å². The van der Waals surface area contributed by atoms with Gasteiger partial charge in [0.25, 0.3) is 5.91 Å². The predicted molar refractivity (Wildman–Crippen MR) is 100 cm³/mol. The van der Waals surface area contributed by atoms with Crippen LogP contribution in [0.5, 0.6) is 11.5 Å². The highest BCUT2D eigenvalue weighted by molar-refractivity contribution is 5.80. The van der Waals surface area contributed by atoms with Gasteiger partial charge in [0.15, 0.2) is 6.10 Å². The topological polar surface area (TPSA) is 47.6 Å². The van der Waals surface area contributed by atoms with Gasteiger partial charge in [-0.05, 0) is 63.9 Å². The van der Waals surface area contributed by atoms with Crippen molar-refractivity contribution in [2.75, 3.05) is 6.54 Å². The summed E-state index contributed by atoms with van der Waals surface area (Å²) < 4.78 is 11.3. The molecule has 0 aliphatic carbocycles. The normalized spacial score (nSPS) is 11.9. The minimum atomic E-state index is -0.524. The van der Waals surface area contributed by atoms with Crippen LogP contribution in [0.25, 0.3) is 0 Å². The molecule has 2 rings (SSSR count). The van der Waals surface area contributed by atoms with E-state index in [2.05, 4.69) is 5.32 Å². The fraction of sp³-hybridized carbons (Fsp3) is 0.381. The van der Waals surface area contributed by atoms with Gasteiger partial charge in [0.2, 0.25) is 0 Å². The molecule has 4 nitrogen and oxygen atoms in total. The molecule has 1 N–H and O–H groups in total. The van der Waals surface area contributed by atoms with Crippen molar-refractivity contribution < 1.29 is 14.3 Å². The maximum atomic E-state index is 12.1. The van der Waals surface area contributed by atoms with E-state index in [9.17, 15) is 4.79 Å². The monoisotopic (exact) mass is 341 g/mol. The van der Waals surface area contributed by atoms with Crippen molar-refractivity contribution in [2.24, 2.45) is 0 Å². The molecular formula is C21H27NO3. The van der Waals surface area contributed by atoms with Crippen LogP contribution in [0.4, 0.5) is 0 Å². The second kappa shape index (κ2) is 9.11. The minimum Gasteiger partial charge on any atom is -0.491 e. The van der Waals surface area contributed by atoms with E-state index >= 15 is 0 Å². The standard InChI is InChI=1S/C21H27NO3/c1-15(2)24-19-11-7-18(8-12-19)13-14-22-21(23)17(4)25-20-9-5-16(3)6-10-20/h5-12,15,17H,13-14H2,1-4H3,(H,22,23). The zero-order valence-electron chi connectivity index (χ0n) is 15.4. The van der Waals surface area contributed by atoms with Crippen molar-refractivity contribution in [3.63, 3.8) is 0 Å². The number of carbonyl (C=O) groups excluding carboxylic acids is 1. The second-order valence-electron chi connectivity index (χ2n) is 6.42. The first-order valence-electron chi connectivity index (χ1n) is 8.70. The fourth-order valence-electron chi connectivity index (χ4n) is 2.36. The van der Waals surface area contributed by atoms with Crippen LogP contribution in [0.3, 0.4) is 0 Å². The Balaban J connectivity index is 1.74. The molecule has 0 saturated carbocycles. The van der Waals surface area contributed by atoms with Crippen molar-refractivity contribution in [1.29, 1.82) is 0 Å². The Morgan fingerprint density at radius 1 is 0.920 bits per heavy atom. The number of nitrogens with one attached hydrogen (secondary N) is 1. The van der Waals surface area contributed by atoms with Crippen molar-refractivity contribution in [3.05, 3.63) is 59.7 Å². The quantitative estimate of drug-likeness (QED) is 0.792. The molecule has 0 aliphatic rings. The Labute approximate surface area is 150 Å². The molecule has 1 amide bonds. The van der Waals surface area contributed by atoms with Crippen molar-refractivity contribution in [1.82, 2.24) is 5.32 Å². The van der Waals surface area contributed by atoms with Gasteiger partial charge in [0.05, 0.1) is 6.10 Å². The van der Waals surface area contributed by atoms with Crippen molar-refractivity contribution in [2.45, 2.75) is 46.3 Å². The molecule has 4 heteroatoms. The van der Waals surface area contributed by atoms with Crippen LogP contribution in [0.1, 0.15) is 31.9 Å². The number of rotatable bonds is 8. The summed E-state index contributed by atoms with van der Waals surface area (Å²) in [5, 5.41) is 2.91. The van der Waals surface area contributed by atoms with E-state index in [0.717, 1.165) is 23.3 Å². The molecule has 0 heterocycles. The molecular weight excluding hydrogens is 314 g/mol. The number of hydrogen-bond donors (Lipinski definition) is 1. The van der Waals surface area contributed by atoms with Crippen molar-refractivity contribution >= 4 is 5.91 Å². The zero-order chi connectivity index (χ0) is 18.2. The average Bonchev–Trinajstić information content (AvgIpc) is 2.58. The SMILES string of the molecule is Cc1ccc(OC(C)C(=O)NCCc2ccc(OC(C)C)cc2)cc1. The van der Waals surface area contributed by atoms with Gasteiger partial charge in [-0.2, -0.15) is 0 Å². The summed E-state index contributed by atoms with van der Waals surface area (Å²) in [4.78, 5) is 12.1. The lowest BCUT2D eigenvalue weighted by atomic mass is 10.1. The van der Waals surface area contributed by atoms with Gasteiger partial charge in [0, 0.05) is 6.54 Å². The maximum absolute atomic E-state index is 12.1. The third kappa shape index (κ3) is 6.49. The number of carbonyl (C=O) groups is 1. The number of aryl methyl sites for hydroxylation is 1. The molecule has 0 saturated heterocycles. The summed E-state index contributed by atoms with van der Waals surface area (Å²) in [5.41, 5.74) is 2.32. The van der Waals surface area contributed by atoms with Crippen LogP contribution in [0.15, 0.2) is 48.5 Å². The van der Waals surface area contributed by atoms with E-state index in [1.54, 1.807) is 6.92 Å². The number of amides is 1. The van der Waals surface area contributed by atoms with E-state index in [4.69, 9.17) is 9.47 Å². The number of benzene rings is 2.